The molecule has 2 N–H and O–H groups in total. The monoisotopic (exact) mass is 312 g/mol. The lowest BCUT2D eigenvalue weighted by Gasteiger charge is -2.30. The number of rotatable bonds is 6. The predicted molar refractivity (Wildman–Crippen MR) is 80.3 cm³/mol. The SMILES string of the molecule is CN(C1CCCCC1)S(=O)(=O)c1[nH]ncc1CNC1CC1. The summed E-state index contributed by atoms with van der Waals surface area (Å²) in [6, 6.07) is 0.669. The van der Waals surface area contributed by atoms with Gasteiger partial charge in [-0.25, -0.2) is 8.42 Å². The Morgan fingerprint density at radius 1 is 1.29 bits per heavy atom. The van der Waals surface area contributed by atoms with E-state index >= 15 is 0 Å². The Kier molecular flexibility index (Phi) is 4.33. The normalized spacial score (nSPS) is 21.0. The van der Waals surface area contributed by atoms with E-state index in [1.165, 1.54) is 19.3 Å². The Morgan fingerprint density at radius 2 is 2.00 bits per heavy atom. The van der Waals surface area contributed by atoms with Crippen LogP contribution in [0.2, 0.25) is 0 Å². The molecule has 3 rings (SSSR count). The minimum Gasteiger partial charge on any atom is -0.310 e. The van der Waals surface area contributed by atoms with Crippen LogP contribution >= 0.6 is 0 Å². The largest absolute Gasteiger partial charge is 0.310 e. The van der Waals surface area contributed by atoms with Gasteiger partial charge < -0.3 is 5.32 Å². The first-order valence-electron chi connectivity index (χ1n) is 7.82. The average Bonchev–Trinajstić information content (AvgIpc) is 3.20. The van der Waals surface area contributed by atoms with Gasteiger partial charge >= 0.3 is 0 Å². The fourth-order valence-electron chi connectivity index (χ4n) is 2.98. The highest BCUT2D eigenvalue weighted by molar-refractivity contribution is 7.89. The molecule has 0 unspecified atom stereocenters. The second-order valence-electron chi connectivity index (χ2n) is 6.19. The Labute approximate surface area is 126 Å². The summed E-state index contributed by atoms with van der Waals surface area (Å²) in [7, 11) is -1.78. The van der Waals surface area contributed by atoms with Crippen LogP contribution in [0.15, 0.2) is 11.2 Å². The van der Waals surface area contributed by atoms with Crippen LogP contribution in [0.1, 0.15) is 50.5 Å². The van der Waals surface area contributed by atoms with Crippen molar-refractivity contribution in [2.75, 3.05) is 7.05 Å². The van der Waals surface area contributed by atoms with Gasteiger partial charge in [0, 0.05) is 31.2 Å². The summed E-state index contributed by atoms with van der Waals surface area (Å²) in [5.41, 5.74) is 0.740. The number of hydrogen-bond donors (Lipinski definition) is 2. The quantitative estimate of drug-likeness (QED) is 0.836. The van der Waals surface area contributed by atoms with Crippen molar-refractivity contribution < 1.29 is 8.42 Å². The highest BCUT2D eigenvalue weighted by Crippen LogP contribution is 2.27. The van der Waals surface area contributed by atoms with Crippen molar-refractivity contribution in [3.05, 3.63) is 11.8 Å². The van der Waals surface area contributed by atoms with Crippen molar-refractivity contribution in [1.82, 2.24) is 19.8 Å². The fourth-order valence-corrected chi connectivity index (χ4v) is 4.49. The first-order valence-corrected chi connectivity index (χ1v) is 9.26. The van der Waals surface area contributed by atoms with Gasteiger partial charge in [-0.2, -0.15) is 9.40 Å². The highest BCUT2D eigenvalue weighted by atomic mass is 32.2. The van der Waals surface area contributed by atoms with Gasteiger partial charge in [-0.3, -0.25) is 5.10 Å². The van der Waals surface area contributed by atoms with E-state index in [2.05, 4.69) is 15.5 Å². The van der Waals surface area contributed by atoms with Crippen LogP contribution in [-0.4, -0.2) is 42.1 Å². The Hall–Kier alpha value is -0.920. The lowest BCUT2D eigenvalue weighted by molar-refractivity contribution is 0.285. The number of hydrogen-bond acceptors (Lipinski definition) is 4. The van der Waals surface area contributed by atoms with E-state index in [1.807, 2.05) is 0 Å². The fraction of sp³-hybridized carbons (Fsp3) is 0.786. The molecular formula is C14H24N4O2S. The van der Waals surface area contributed by atoms with Crippen molar-refractivity contribution in [3.8, 4) is 0 Å². The summed E-state index contributed by atoms with van der Waals surface area (Å²) >= 11 is 0. The topological polar surface area (TPSA) is 78.1 Å². The molecule has 7 heteroatoms. The lowest BCUT2D eigenvalue weighted by atomic mass is 9.96. The lowest BCUT2D eigenvalue weighted by Crippen LogP contribution is -2.38. The van der Waals surface area contributed by atoms with Gasteiger partial charge in [0.05, 0.1) is 6.20 Å². The van der Waals surface area contributed by atoms with Crippen molar-refractivity contribution in [1.29, 1.82) is 0 Å². The van der Waals surface area contributed by atoms with Crippen LogP contribution < -0.4 is 5.32 Å². The van der Waals surface area contributed by atoms with E-state index in [0.29, 0.717) is 12.6 Å². The summed E-state index contributed by atoms with van der Waals surface area (Å²) < 4.78 is 27.1. The summed E-state index contributed by atoms with van der Waals surface area (Å²) in [5, 5.41) is 10.2. The zero-order chi connectivity index (χ0) is 14.9. The molecule has 1 heterocycles. The van der Waals surface area contributed by atoms with E-state index in [-0.39, 0.29) is 11.1 Å². The van der Waals surface area contributed by atoms with Crippen LogP contribution in [0.5, 0.6) is 0 Å². The van der Waals surface area contributed by atoms with Crippen LogP contribution in [0.25, 0.3) is 0 Å². The van der Waals surface area contributed by atoms with Crippen LogP contribution in [-0.2, 0) is 16.6 Å². The van der Waals surface area contributed by atoms with E-state index in [4.69, 9.17) is 0 Å². The van der Waals surface area contributed by atoms with Crippen LogP contribution in [0.3, 0.4) is 0 Å². The molecule has 2 fully saturated rings. The van der Waals surface area contributed by atoms with E-state index in [9.17, 15) is 8.42 Å². The Morgan fingerprint density at radius 3 is 2.67 bits per heavy atom. The Bertz CT molecular complexity index is 574. The summed E-state index contributed by atoms with van der Waals surface area (Å²) in [4.78, 5) is 0. The number of nitrogens with one attached hydrogen (secondary N) is 2. The number of nitrogens with zero attached hydrogens (tertiary/aromatic N) is 2. The minimum atomic E-state index is -3.48. The molecule has 0 saturated heterocycles. The van der Waals surface area contributed by atoms with Crippen molar-refractivity contribution in [2.24, 2.45) is 0 Å². The van der Waals surface area contributed by atoms with Gasteiger partial charge in [0.2, 0.25) is 0 Å². The van der Waals surface area contributed by atoms with Crippen molar-refractivity contribution in [2.45, 2.75) is 68.6 Å². The van der Waals surface area contributed by atoms with Gasteiger partial charge in [0.15, 0.2) is 5.03 Å². The molecule has 0 amide bonds. The van der Waals surface area contributed by atoms with E-state index in [0.717, 1.165) is 31.2 Å². The molecule has 0 atom stereocenters. The second-order valence-corrected chi connectivity index (χ2v) is 8.13. The molecule has 118 valence electrons. The van der Waals surface area contributed by atoms with E-state index in [1.54, 1.807) is 17.5 Å². The maximum atomic E-state index is 12.8. The average molecular weight is 312 g/mol. The molecule has 1 aromatic heterocycles. The van der Waals surface area contributed by atoms with Gasteiger partial charge in [0.25, 0.3) is 10.0 Å². The van der Waals surface area contributed by atoms with Gasteiger partial charge in [-0.15, -0.1) is 0 Å². The smallest absolute Gasteiger partial charge is 0.260 e. The molecule has 2 saturated carbocycles. The molecule has 0 spiro atoms. The van der Waals surface area contributed by atoms with Gasteiger partial charge in [-0.05, 0) is 25.7 Å². The Balaban J connectivity index is 1.75. The standard InChI is InChI=1S/C14H24N4O2S/c1-18(13-5-3-2-4-6-13)21(19,20)14-11(10-16-17-14)9-15-12-7-8-12/h10,12-13,15H,2-9H2,1H3,(H,16,17). The molecular weight excluding hydrogens is 288 g/mol. The number of aromatic amines is 1. The van der Waals surface area contributed by atoms with Gasteiger partial charge in [0.1, 0.15) is 0 Å². The zero-order valence-electron chi connectivity index (χ0n) is 12.5. The first kappa shape index (κ1) is 15.0. The first-order chi connectivity index (χ1) is 10.1. The molecule has 6 nitrogen and oxygen atoms in total. The molecule has 1 aromatic rings. The molecule has 2 aliphatic rings. The van der Waals surface area contributed by atoms with E-state index < -0.39 is 10.0 Å². The molecule has 2 aliphatic carbocycles. The third kappa shape index (κ3) is 3.30. The van der Waals surface area contributed by atoms with Crippen molar-refractivity contribution in [3.63, 3.8) is 0 Å². The third-order valence-corrected chi connectivity index (χ3v) is 6.49. The van der Waals surface area contributed by atoms with Crippen LogP contribution in [0, 0.1) is 0 Å². The second kappa shape index (κ2) is 6.06. The third-order valence-electron chi connectivity index (χ3n) is 4.56. The summed E-state index contributed by atoms with van der Waals surface area (Å²) in [5.74, 6) is 0. The van der Waals surface area contributed by atoms with Gasteiger partial charge in [-0.1, -0.05) is 19.3 Å². The van der Waals surface area contributed by atoms with Crippen molar-refractivity contribution >= 4 is 10.0 Å². The molecule has 0 radical (unpaired) electrons. The molecule has 0 bridgehead atoms. The maximum Gasteiger partial charge on any atom is 0.260 e. The molecule has 0 aromatic carbocycles. The number of H-pyrrole nitrogens is 1. The molecule has 21 heavy (non-hydrogen) atoms. The number of aromatic nitrogens is 2. The van der Waals surface area contributed by atoms with Crippen LogP contribution in [0.4, 0.5) is 0 Å². The summed E-state index contributed by atoms with van der Waals surface area (Å²) in [6.45, 7) is 0.564. The predicted octanol–water partition coefficient (Wildman–Crippen LogP) is 1.61. The summed E-state index contributed by atoms with van der Waals surface area (Å²) in [6.07, 6.45) is 9.35. The highest BCUT2D eigenvalue weighted by Gasteiger charge is 2.32. The zero-order valence-corrected chi connectivity index (χ0v) is 13.3. The minimum absolute atomic E-state index is 0.122. The molecule has 0 aliphatic heterocycles. The number of sulfonamides is 1. The maximum absolute atomic E-state index is 12.8.